The molecule has 25 heavy (non-hydrogen) atoms. The van der Waals surface area contributed by atoms with E-state index in [1.54, 1.807) is 12.1 Å². The van der Waals surface area contributed by atoms with Crippen LogP contribution in [0, 0.1) is 10.8 Å². The minimum atomic E-state index is -3.69. The lowest BCUT2D eigenvalue weighted by Crippen LogP contribution is -2.43. The molecule has 2 amide bonds. The fourth-order valence-electron chi connectivity index (χ4n) is 4.77. The SMILES string of the molecule is CC1(C)C[C@@H]2C[C@@](C)(CN2C(=O)NCc2ccc(S(N)(=O)=O)cc2)C1. The summed E-state index contributed by atoms with van der Waals surface area (Å²) in [4.78, 5) is 14.7. The van der Waals surface area contributed by atoms with Gasteiger partial charge < -0.3 is 10.2 Å². The first-order chi connectivity index (χ1) is 11.5. The molecule has 2 bridgehead atoms. The number of likely N-dealkylation sites (tertiary alicyclic amines) is 1. The van der Waals surface area contributed by atoms with E-state index in [1.165, 1.54) is 12.1 Å². The Morgan fingerprint density at radius 1 is 1.24 bits per heavy atom. The minimum absolute atomic E-state index is 0.0399. The zero-order valence-electron chi connectivity index (χ0n) is 15.1. The number of amides is 2. The number of nitrogens with two attached hydrogens (primary N) is 1. The number of nitrogens with one attached hydrogen (secondary N) is 1. The van der Waals surface area contributed by atoms with Crippen LogP contribution in [0.15, 0.2) is 29.2 Å². The van der Waals surface area contributed by atoms with E-state index in [0.717, 1.165) is 31.4 Å². The van der Waals surface area contributed by atoms with Gasteiger partial charge in [-0.2, -0.15) is 0 Å². The average Bonchev–Trinajstić information content (AvgIpc) is 2.73. The van der Waals surface area contributed by atoms with Crippen LogP contribution in [0.5, 0.6) is 0 Å². The maximum Gasteiger partial charge on any atom is 0.317 e. The van der Waals surface area contributed by atoms with Gasteiger partial charge in [0.05, 0.1) is 4.90 Å². The highest BCUT2D eigenvalue weighted by atomic mass is 32.2. The molecule has 2 aliphatic rings. The molecule has 2 fully saturated rings. The Balaban J connectivity index is 1.62. The fraction of sp³-hybridized carbons (Fsp3) is 0.611. The van der Waals surface area contributed by atoms with E-state index in [4.69, 9.17) is 5.14 Å². The lowest BCUT2D eigenvalue weighted by atomic mass is 9.65. The highest BCUT2D eigenvalue weighted by molar-refractivity contribution is 7.89. The molecule has 3 N–H and O–H groups in total. The number of hydrogen-bond acceptors (Lipinski definition) is 3. The van der Waals surface area contributed by atoms with Crippen molar-refractivity contribution in [3.8, 4) is 0 Å². The number of rotatable bonds is 3. The van der Waals surface area contributed by atoms with Gasteiger partial charge in [-0.1, -0.05) is 32.9 Å². The molecule has 138 valence electrons. The third-order valence-electron chi connectivity index (χ3n) is 5.37. The second kappa shape index (κ2) is 5.99. The predicted octanol–water partition coefficient (Wildman–Crippen LogP) is 2.44. The maximum absolute atomic E-state index is 12.6. The molecule has 0 spiro atoms. The summed E-state index contributed by atoms with van der Waals surface area (Å²) in [5.41, 5.74) is 1.33. The van der Waals surface area contributed by atoms with E-state index in [1.807, 2.05) is 4.90 Å². The van der Waals surface area contributed by atoms with Crippen LogP contribution in [-0.4, -0.2) is 31.9 Å². The number of hydrogen-bond donors (Lipinski definition) is 2. The van der Waals surface area contributed by atoms with Crippen molar-refractivity contribution in [1.29, 1.82) is 0 Å². The molecule has 1 aliphatic carbocycles. The molecule has 1 aromatic carbocycles. The first kappa shape index (κ1) is 18.2. The van der Waals surface area contributed by atoms with Gasteiger partial charge >= 0.3 is 6.03 Å². The average molecular weight is 365 g/mol. The van der Waals surface area contributed by atoms with E-state index >= 15 is 0 Å². The molecule has 7 heteroatoms. The molecular formula is C18H27N3O3S. The van der Waals surface area contributed by atoms with Crippen LogP contribution >= 0.6 is 0 Å². The van der Waals surface area contributed by atoms with Crippen molar-refractivity contribution in [2.45, 2.75) is 57.5 Å². The van der Waals surface area contributed by atoms with Crippen molar-refractivity contribution >= 4 is 16.1 Å². The van der Waals surface area contributed by atoms with Crippen LogP contribution in [0.1, 0.15) is 45.6 Å². The van der Waals surface area contributed by atoms with Gasteiger partial charge in [0.1, 0.15) is 0 Å². The van der Waals surface area contributed by atoms with Gasteiger partial charge in [0.25, 0.3) is 0 Å². The van der Waals surface area contributed by atoms with Gasteiger partial charge in [-0.15, -0.1) is 0 Å². The van der Waals surface area contributed by atoms with Crippen LogP contribution in [0.3, 0.4) is 0 Å². The molecule has 0 unspecified atom stereocenters. The quantitative estimate of drug-likeness (QED) is 0.862. The van der Waals surface area contributed by atoms with Crippen molar-refractivity contribution < 1.29 is 13.2 Å². The van der Waals surface area contributed by atoms with Crippen molar-refractivity contribution in [3.05, 3.63) is 29.8 Å². The first-order valence-electron chi connectivity index (χ1n) is 8.64. The predicted molar refractivity (Wildman–Crippen MR) is 96.3 cm³/mol. The molecule has 1 aromatic rings. The van der Waals surface area contributed by atoms with Gasteiger partial charge in [0.2, 0.25) is 10.0 Å². The van der Waals surface area contributed by atoms with Crippen LogP contribution in [0.25, 0.3) is 0 Å². The van der Waals surface area contributed by atoms with Crippen molar-refractivity contribution in [2.75, 3.05) is 6.54 Å². The molecule has 1 saturated heterocycles. The Labute approximate surface area is 149 Å². The fourth-order valence-corrected chi connectivity index (χ4v) is 5.29. The van der Waals surface area contributed by atoms with Crippen LogP contribution in [-0.2, 0) is 16.6 Å². The smallest absolute Gasteiger partial charge is 0.317 e. The Bertz CT molecular complexity index is 773. The van der Waals surface area contributed by atoms with E-state index in [9.17, 15) is 13.2 Å². The number of fused-ring (bicyclic) bond motifs is 2. The van der Waals surface area contributed by atoms with Gasteiger partial charge in [-0.3, -0.25) is 0 Å². The number of carbonyl (C=O) groups is 1. The number of benzene rings is 1. The second-order valence-corrected chi connectivity index (χ2v) is 10.3. The third-order valence-corrected chi connectivity index (χ3v) is 6.30. The van der Waals surface area contributed by atoms with Crippen molar-refractivity contribution in [2.24, 2.45) is 16.0 Å². The summed E-state index contributed by atoms with van der Waals surface area (Å²) in [5.74, 6) is 0. The topological polar surface area (TPSA) is 92.5 Å². The lowest BCUT2D eigenvalue weighted by Gasteiger charge is -2.39. The van der Waals surface area contributed by atoms with E-state index < -0.39 is 10.0 Å². The standard InChI is InChI=1S/C18H27N3O3S/c1-17(2)8-14-9-18(3,11-17)12-21(14)16(22)20-10-13-4-6-15(7-5-13)25(19,23)24/h4-7,14H,8-12H2,1-3H3,(H,20,22)(H2,19,23,24)/t14-,18-/m1/s1. The number of nitrogens with zero attached hydrogens (tertiary/aromatic N) is 1. The Kier molecular flexibility index (Phi) is 4.36. The molecule has 0 aromatic heterocycles. The van der Waals surface area contributed by atoms with Crippen LogP contribution in [0.4, 0.5) is 4.79 Å². The van der Waals surface area contributed by atoms with E-state index in [2.05, 4.69) is 26.1 Å². The third kappa shape index (κ3) is 3.98. The van der Waals surface area contributed by atoms with Gasteiger partial charge in [-0.05, 0) is 47.8 Å². The largest absolute Gasteiger partial charge is 0.334 e. The Morgan fingerprint density at radius 2 is 1.88 bits per heavy atom. The molecule has 2 atom stereocenters. The summed E-state index contributed by atoms with van der Waals surface area (Å²) >= 11 is 0. The van der Waals surface area contributed by atoms with Crippen molar-refractivity contribution in [1.82, 2.24) is 10.2 Å². The molecular weight excluding hydrogens is 338 g/mol. The number of urea groups is 1. The number of primary sulfonamides is 1. The number of carbonyl (C=O) groups excluding carboxylic acids is 1. The van der Waals surface area contributed by atoms with Crippen LogP contribution < -0.4 is 10.5 Å². The summed E-state index contributed by atoms with van der Waals surface area (Å²) in [5, 5.41) is 8.05. The molecule has 6 nitrogen and oxygen atoms in total. The summed E-state index contributed by atoms with van der Waals surface area (Å²) in [6, 6.07) is 6.53. The van der Waals surface area contributed by atoms with Gasteiger partial charge in [-0.25, -0.2) is 18.4 Å². The molecule has 0 radical (unpaired) electrons. The van der Waals surface area contributed by atoms with Gasteiger partial charge in [0.15, 0.2) is 0 Å². The second-order valence-electron chi connectivity index (χ2n) is 8.69. The molecule has 3 rings (SSSR count). The summed E-state index contributed by atoms with van der Waals surface area (Å²) in [6.07, 6.45) is 3.27. The molecule has 1 aliphatic heterocycles. The summed E-state index contributed by atoms with van der Waals surface area (Å²) in [6.45, 7) is 8.02. The molecule has 1 heterocycles. The van der Waals surface area contributed by atoms with Crippen molar-refractivity contribution in [3.63, 3.8) is 0 Å². The highest BCUT2D eigenvalue weighted by Gasteiger charge is 2.50. The van der Waals surface area contributed by atoms with Gasteiger partial charge in [0, 0.05) is 19.1 Å². The summed E-state index contributed by atoms with van der Waals surface area (Å²) in [7, 11) is -3.69. The maximum atomic E-state index is 12.6. The lowest BCUT2D eigenvalue weighted by molar-refractivity contribution is 0.129. The molecule has 1 saturated carbocycles. The van der Waals surface area contributed by atoms with E-state index in [-0.39, 0.29) is 21.8 Å². The number of sulfonamides is 1. The first-order valence-corrected chi connectivity index (χ1v) is 10.2. The normalized spacial score (nSPS) is 28.0. The zero-order valence-corrected chi connectivity index (χ0v) is 15.9. The Hall–Kier alpha value is -1.60. The zero-order chi connectivity index (χ0) is 18.5. The van der Waals surface area contributed by atoms with E-state index in [0.29, 0.717) is 12.6 Å². The monoisotopic (exact) mass is 365 g/mol. The highest BCUT2D eigenvalue weighted by Crippen LogP contribution is 2.52. The summed E-state index contributed by atoms with van der Waals surface area (Å²) < 4.78 is 22.5. The Morgan fingerprint density at radius 3 is 2.48 bits per heavy atom. The minimum Gasteiger partial charge on any atom is -0.334 e. The van der Waals surface area contributed by atoms with Crippen LogP contribution in [0.2, 0.25) is 0 Å².